The van der Waals surface area contributed by atoms with Crippen molar-refractivity contribution >= 4 is 5.91 Å². The lowest BCUT2D eigenvalue weighted by molar-refractivity contribution is -0.133. The first-order valence-corrected chi connectivity index (χ1v) is 9.44. The molecule has 1 fully saturated rings. The summed E-state index contributed by atoms with van der Waals surface area (Å²) in [5.74, 6) is 0.206. The largest absolute Gasteiger partial charge is 0.333 e. The smallest absolute Gasteiger partial charge is 0.227 e. The molecule has 2 aromatic rings. The second-order valence-corrected chi connectivity index (χ2v) is 7.35. The van der Waals surface area contributed by atoms with Crippen LogP contribution in [0.2, 0.25) is 0 Å². The predicted molar refractivity (Wildman–Crippen MR) is 96.0 cm³/mol. The first kappa shape index (κ1) is 16.3. The van der Waals surface area contributed by atoms with Crippen molar-refractivity contribution < 1.29 is 4.79 Å². The number of hydrogen-bond donors (Lipinski definition) is 0. The first-order chi connectivity index (χ1) is 12.2. The average molecular weight is 338 g/mol. The van der Waals surface area contributed by atoms with Crippen molar-refractivity contribution in [1.29, 1.82) is 0 Å². The van der Waals surface area contributed by atoms with Gasteiger partial charge in [0.05, 0.1) is 18.7 Å². The van der Waals surface area contributed by atoms with Gasteiger partial charge in [-0.05, 0) is 49.3 Å². The Balaban J connectivity index is 1.56. The Morgan fingerprint density at radius 1 is 1.28 bits per heavy atom. The van der Waals surface area contributed by atoms with Crippen molar-refractivity contribution in [2.24, 2.45) is 7.05 Å². The van der Waals surface area contributed by atoms with Gasteiger partial charge in [-0.3, -0.25) is 14.5 Å². The quantitative estimate of drug-likeness (QED) is 0.842. The van der Waals surface area contributed by atoms with Crippen LogP contribution >= 0.6 is 0 Å². The Morgan fingerprint density at radius 3 is 2.88 bits per heavy atom. The number of amides is 1. The summed E-state index contributed by atoms with van der Waals surface area (Å²) in [5.41, 5.74) is 4.85. The number of fused-ring (bicyclic) bond motifs is 1. The number of rotatable bonds is 5. The summed E-state index contributed by atoms with van der Waals surface area (Å²) in [5, 5.41) is 4.74. The minimum Gasteiger partial charge on any atom is -0.333 e. The Kier molecular flexibility index (Phi) is 4.55. The number of aromatic nitrogens is 3. The Bertz CT molecular complexity index is 747. The highest BCUT2D eigenvalue weighted by Crippen LogP contribution is 2.29. The molecule has 0 aromatic carbocycles. The fraction of sp³-hybridized carbons (Fsp3) is 0.550. The van der Waals surface area contributed by atoms with Gasteiger partial charge in [0.1, 0.15) is 0 Å². The van der Waals surface area contributed by atoms with Crippen LogP contribution in [0.5, 0.6) is 0 Å². The lowest BCUT2D eigenvalue weighted by atomic mass is 10.1. The summed E-state index contributed by atoms with van der Waals surface area (Å²) in [6.45, 7) is 0.660. The molecule has 0 saturated heterocycles. The minimum atomic E-state index is 0.206. The third-order valence-electron chi connectivity index (χ3n) is 5.68. The maximum atomic E-state index is 13.1. The normalized spacial score (nSPS) is 17.0. The van der Waals surface area contributed by atoms with E-state index < -0.39 is 0 Å². The number of carbonyl (C=O) groups is 1. The van der Waals surface area contributed by atoms with E-state index in [-0.39, 0.29) is 5.91 Å². The molecule has 0 aliphatic heterocycles. The third kappa shape index (κ3) is 3.32. The van der Waals surface area contributed by atoms with Crippen LogP contribution in [0.3, 0.4) is 0 Å². The van der Waals surface area contributed by atoms with Gasteiger partial charge in [0.2, 0.25) is 5.91 Å². The fourth-order valence-electron chi connectivity index (χ4n) is 4.40. The third-order valence-corrected chi connectivity index (χ3v) is 5.68. The molecule has 0 radical (unpaired) electrons. The number of hydrogen-bond acceptors (Lipinski definition) is 3. The maximum absolute atomic E-state index is 13.1. The zero-order valence-corrected chi connectivity index (χ0v) is 14.9. The molecular weight excluding hydrogens is 312 g/mol. The molecule has 25 heavy (non-hydrogen) atoms. The zero-order chi connectivity index (χ0) is 17.2. The van der Waals surface area contributed by atoms with Crippen LogP contribution in [0.4, 0.5) is 0 Å². The van der Waals surface area contributed by atoms with Crippen molar-refractivity contribution in [3.8, 4) is 0 Å². The standard InChI is InChI=1S/C20H26N4O/c1-23-19-10-4-9-17(19)18(22-23)14-24(16-7-2-3-8-16)20(25)12-15-6-5-11-21-13-15/h5-6,11,13,16H,2-4,7-10,12,14H2,1H3. The van der Waals surface area contributed by atoms with Gasteiger partial charge in [0.25, 0.3) is 0 Å². The number of aryl methyl sites for hydroxylation is 1. The highest BCUT2D eigenvalue weighted by atomic mass is 16.2. The lowest BCUT2D eigenvalue weighted by Gasteiger charge is -2.29. The first-order valence-electron chi connectivity index (χ1n) is 9.44. The van der Waals surface area contributed by atoms with Gasteiger partial charge in [-0.15, -0.1) is 0 Å². The van der Waals surface area contributed by atoms with Crippen molar-refractivity contribution in [1.82, 2.24) is 19.7 Å². The summed E-state index contributed by atoms with van der Waals surface area (Å²) in [6.07, 6.45) is 12.1. The SMILES string of the molecule is Cn1nc(CN(C(=O)Cc2cccnc2)C2CCCC2)c2c1CCC2. The zero-order valence-electron chi connectivity index (χ0n) is 14.9. The second-order valence-electron chi connectivity index (χ2n) is 7.35. The molecule has 2 aliphatic carbocycles. The molecule has 1 amide bonds. The highest BCUT2D eigenvalue weighted by Gasteiger charge is 2.30. The molecule has 2 aromatic heterocycles. The molecule has 1 saturated carbocycles. The van der Waals surface area contributed by atoms with E-state index in [9.17, 15) is 4.79 Å². The van der Waals surface area contributed by atoms with Crippen LogP contribution < -0.4 is 0 Å². The molecule has 0 bridgehead atoms. The Labute approximate surface area is 149 Å². The molecule has 4 rings (SSSR count). The van der Waals surface area contributed by atoms with E-state index in [4.69, 9.17) is 5.10 Å². The molecule has 2 heterocycles. The van der Waals surface area contributed by atoms with E-state index in [1.807, 2.05) is 23.9 Å². The summed E-state index contributed by atoms with van der Waals surface area (Å²) < 4.78 is 2.02. The van der Waals surface area contributed by atoms with E-state index >= 15 is 0 Å². The van der Waals surface area contributed by atoms with Crippen molar-refractivity contribution in [2.45, 2.75) is 64.0 Å². The molecule has 5 heteroatoms. The van der Waals surface area contributed by atoms with E-state index in [2.05, 4.69) is 9.88 Å². The molecule has 132 valence electrons. The van der Waals surface area contributed by atoms with Gasteiger partial charge in [-0.25, -0.2) is 0 Å². The van der Waals surface area contributed by atoms with Crippen LogP contribution in [0.25, 0.3) is 0 Å². The maximum Gasteiger partial charge on any atom is 0.227 e. The van der Waals surface area contributed by atoms with Crippen LogP contribution in [-0.4, -0.2) is 31.6 Å². The Morgan fingerprint density at radius 2 is 2.12 bits per heavy atom. The summed E-state index contributed by atoms with van der Waals surface area (Å²) in [4.78, 5) is 19.3. The van der Waals surface area contributed by atoms with Gasteiger partial charge in [-0.1, -0.05) is 18.9 Å². The number of carbonyl (C=O) groups excluding carboxylic acids is 1. The molecular formula is C20H26N4O. The van der Waals surface area contributed by atoms with E-state index in [0.717, 1.165) is 36.9 Å². The lowest BCUT2D eigenvalue weighted by Crippen LogP contribution is -2.39. The van der Waals surface area contributed by atoms with Crippen LogP contribution in [-0.2, 0) is 37.6 Å². The Hall–Kier alpha value is -2.17. The van der Waals surface area contributed by atoms with Crippen LogP contribution in [0.1, 0.15) is 54.6 Å². The van der Waals surface area contributed by atoms with Gasteiger partial charge in [0, 0.05) is 31.2 Å². The van der Waals surface area contributed by atoms with Crippen molar-refractivity contribution in [3.05, 3.63) is 47.0 Å². The fourth-order valence-corrected chi connectivity index (χ4v) is 4.40. The molecule has 0 spiro atoms. The van der Waals surface area contributed by atoms with Crippen LogP contribution in [0.15, 0.2) is 24.5 Å². The van der Waals surface area contributed by atoms with Gasteiger partial charge < -0.3 is 4.90 Å². The monoisotopic (exact) mass is 338 g/mol. The van der Waals surface area contributed by atoms with Crippen LogP contribution in [0, 0.1) is 0 Å². The van der Waals surface area contributed by atoms with E-state index in [1.54, 1.807) is 12.4 Å². The summed E-state index contributed by atoms with van der Waals surface area (Å²) >= 11 is 0. The van der Waals surface area contributed by atoms with E-state index in [1.165, 1.54) is 30.5 Å². The van der Waals surface area contributed by atoms with Gasteiger partial charge >= 0.3 is 0 Å². The molecule has 2 aliphatic rings. The van der Waals surface area contributed by atoms with Gasteiger partial charge in [0.15, 0.2) is 0 Å². The van der Waals surface area contributed by atoms with E-state index in [0.29, 0.717) is 19.0 Å². The molecule has 0 atom stereocenters. The summed E-state index contributed by atoms with van der Waals surface area (Å²) in [6, 6.07) is 4.24. The molecule has 5 nitrogen and oxygen atoms in total. The topological polar surface area (TPSA) is 51.0 Å². The van der Waals surface area contributed by atoms with Crippen molar-refractivity contribution in [2.75, 3.05) is 0 Å². The highest BCUT2D eigenvalue weighted by molar-refractivity contribution is 5.79. The summed E-state index contributed by atoms with van der Waals surface area (Å²) in [7, 11) is 2.03. The molecule has 0 N–H and O–H groups in total. The minimum absolute atomic E-state index is 0.206. The van der Waals surface area contributed by atoms with Gasteiger partial charge in [-0.2, -0.15) is 5.10 Å². The second kappa shape index (κ2) is 6.98. The predicted octanol–water partition coefficient (Wildman–Crippen LogP) is 2.82. The molecule has 0 unspecified atom stereocenters. The van der Waals surface area contributed by atoms with Crippen molar-refractivity contribution in [3.63, 3.8) is 0 Å². The number of nitrogens with zero attached hydrogens (tertiary/aromatic N) is 4. The average Bonchev–Trinajstić information content (AvgIpc) is 3.34. The number of pyridine rings is 1.